The van der Waals surface area contributed by atoms with Gasteiger partial charge in [0.25, 0.3) is 0 Å². The third-order valence-corrected chi connectivity index (χ3v) is 1.27. The average molecular weight is 180 g/mol. The lowest BCUT2D eigenvalue weighted by Gasteiger charge is -1.95. The van der Waals surface area contributed by atoms with Crippen molar-refractivity contribution in [3.8, 4) is 0 Å². The molecular formula is C9H12N2O2. The number of carbonyl (C=O) groups excluding carboxylic acids is 1. The van der Waals surface area contributed by atoms with Crippen molar-refractivity contribution in [3.63, 3.8) is 0 Å². The maximum Gasteiger partial charge on any atom is 0.318 e. The van der Waals surface area contributed by atoms with Gasteiger partial charge in [0.15, 0.2) is 0 Å². The number of para-hydroxylation sites is 1. The lowest BCUT2D eigenvalue weighted by Crippen LogP contribution is -1.99. The highest BCUT2D eigenvalue weighted by atomic mass is 16.3. The van der Waals surface area contributed by atoms with E-state index in [9.17, 15) is 9.70 Å². The van der Waals surface area contributed by atoms with E-state index in [0.29, 0.717) is 0 Å². The molecule has 1 aromatic rings. The molecule has 0 bridgehead atoms. The first-order chi connectivity index (χ1) is 6.25. The Hall–Kier alpha value is -1.71. The second kappa shape index (κ2) is 5.88. The summed E-state index contributed by atoms with van der Waals surface area (Å²) < 4.78 is 0. The first-order valence-corrected chi connectivity index (χ1v) is 3.98. The van der Waals surface area contributed by atoms with Crippen LogP contribution in [-0.2, 0) is 0 Å². The Labute approximate surface area is 76.7 Å². The number of hydrogen-bond acceptors (Lipinski definition) is 3. The van der Waals surface area contributed by atoms with Crippen LogP contribution in [0.25, 0.3) is 0 Å². The number of carbonyl (C=O) groups is 1. The molecule has 0 atom stereocenters. The monoisotopic (exact) mass is 180 g/mol. The smallest absolute Gasteiger partial charge is 0.318 e. The van der Waals surface area contributed by atoms with E-state index in [1.165, 1.54) is 6.07 Å². The van der Waals surface area contributed by atoms with Crippen molar-refractivity contribution in [2.75, 3.05) is 5.73 Å². The maximum atomic E-state index is 10.7. The van der Waals surface area contributed by atoms with E-state index in [1.54, 1.807) is 18.2 Å². The van der Waals surface area contributed by atoms with E-state index in [-0.39, 0.29) is 11.3 Å². The summed E-state index contributed by atoms with van der Waals surface area (Å²) in [6, 6.07) is 6.29. The van der Waals surface area contributed by atoms with Gasteiger partial charge in [-0.1, -0.05) is 26.0 Å². The lowest BCUT2D eigenvalue weighted by atomic mass is 10.2. The van der Waals surface area contributed by atoms with Gasteiger partial charge < -0.3 is 5.73 Å². The maximum absolute atomic E-state index is 10.7. The number of benzene rings is 1. The third-order valence-electron chi connectivity index (χ3n) is 1.27. The van der Waals surface area contributed by atoms with Crippen LogP contribution in [0.1, 0.15) is 24.2 Å². The van der Waals surface area contributed by atoms with Gasteiger partial charge in [-0.15, -0.1) is 4.91 Å². The molecule has 0 fully saturated rings. The van der Waals surface area contributed by atoms with E-state index in [0.717, 1.165) is 0 Å². The van der Waals surface area contributed by atoms with Gasteiger partial charge in [-0.2, -0.15) is 0 Å². The molecule has 0 radical (unpaired) electrons. The van der Waals surface area contributed by atoms with E-state index in [4.69, 9.17) is 5.73 Å². The fraction of sp³-hybridized carbons (Fsp3) is 0.222. The number of nitrogens with two attached hydrogens (primary N) is 1. The minimum absolute atomic E-state index is 0.155. The zero-order chi connectivity index (χ0) is 10.3. The first kappa shape index (κ1) is 11.3. The topological polar surface area (TPSA) is 72.5 Å². The highest BCUT2D eigenvalue weighted by Crippen LogP contribution is 2.10. The summed E-state index contributed by atoms with van der Waals surface area (Å²) >= 11 is 0. The highest BCUT2D eigenvalue weighted by Gasteiger charge is 2.07. The van der Waals surface area contributed by atoms with Gasteiger partial charge in [0, 0.05) is 10.9 Å². The predicted octanol–water partition coefficient (Wildman–Crippen LogP) is 2.20. The molecule has 0 aromatic heterocycles. The molecular weight excluding hydrogens is 168 g/mol. The highest BCUT2D eigenvalue weighted by molar-refractivity contribution is 5.99. The largest absolute Gasteiger partial charge is 0.398 e. The van der Waals surface area contributed by atoms with Crippen LogP contribution in [0.5, 0.6) is 0 Å². The molecule has 13 heavy (non-hydrogen) atoms. The van der Waals surface area contributed by atoms with Crippen LogP contribution < -0.4 is 5.73 Å². The van der Waals surface area contributed by atoms with Gasteiger partial charge in [-0.25, -0.2) is 0 Å². The minimum Gasteiger partial charge on any atom is -0.398 e. The summed E-state index contributed by atoms with van der Waals surface area (Å²) in [5.41, 5.74) is 5.81. The van der Waals surface area contributed by atoms with Crippen molar-refractivity contribution in [2.45, 2.75) is 13.8 Å². The fourth-order valence-corrected chi connectivity index (χ4v) is 0.741. The van der Waals surface area contributed by atoms with Crippen LogP contribution in [0.2, 0.25) is 0 Å². The van der Waals surface area contributed by atoms with Crippen LogP contribution in [0, 0.1) is 4.91 Å². The van der Waals surface area contributed by atoms with Gasteiger partial charge >= 0.3 is 5.91 Å². The Bertz CT molecular complexity index is 297. The molecule has 0 heterocycles. The summed E-state index contributed by atoms with van der Waals surface area (Å²) in [4.78, 5) is 20.5. The van der Waals surface area contributed by atoms with Crippen molar-refractivity contribution < 1.29 is 4.79 Å². The Balaban J connectivity index is 0.000000671. The van der Waals surface area contributed by atoms with Crippen molar-refractivity contribution in [2.24, 2.45) is 5.18 Å². The normalized spacial score (nSPS) is 8.15. The molecule has 0 spiro atoms. The SMILES string of the molecule is CC.Nc1ccccc1C(=O)N=O. The molecule has 4 nitrogen and oxygen atoms in total. The molecule has 1 amide bonds. The third kappa shape index (κ3) is 3.02. The van der Waals surface area contributed by atoms with Crippen LogP contribution >= 0.6 is 0 Å². The van der Waals surface area contributed by atoms with E-state index >= 15 is 0 Å². The lowest BCUT2D eigenvalue weighted by molar-refractivity contribution is 0.100. The fourth-order valence-electron chi connectivity index (χ4n) is 0.741. The zero-order valence-electron chi connectivity index (χ0n) is 7.65. The van der Waals surface area contributed by atoms with Crippen molar-refractivity contribution >= 4 is 11.6 Å². The van der Waals surface area contributed by atoms with Gasteiger partial charge in [0.1, 0.15) is 0 Å². The number of rotatable bonds is 1. The van der Waals surface area contributed by atoms with Gasteiger partial charge in [0.05, 0.1) is 5.56 Å². The Kier molecular flexibility index (Phi) is 5.11. The number of nitrogen functional groups attached to an aromatic ring is 1. The summed E-state index contributed by atoms with van der Waals surface area (Å²) in [6.07, 6.45) is 0. The molecule has 4 heteroatoms. The molecule has 2 N–H and O–H groups in total. The molecule has 0 aliphatic heterocycles. The van der Waals surface area contributed by atoms with Crippen LogP contribution in [0.4, 0.5) is 5.69 Å². The zero-order valence-corrected chi connectivity index (χ0v) is 7.65. The molecule has 0 aliphatic carbocycles. The number of nitroso groups, excluding NO2 is 1. The summed E-state index contributed by atoms with van der Waals surface area (Å²) in [5, 5.41) is 2.25. The quantitative estimate of drug-likeness (QED) is 0.531. The molecule has 70 valence electrons. The molecule has 0 aliphatic rings. The van der Waals surface area contributed by atoms with Gasteiger partial charge in [-0.05, 0) is 12.1 Å². The van der Waals surface area contributed by atoms with Crippen LogP contribution in [-0.4, -0.2) is 5.91 Å². The minimum atomic E-state index is -0.830. The standard InChI is InChI=1S/C7H6N2O2.C2H6/c8-6-4-2-1-3-5(6)7(10)9-11;1-2/h1-4H,8H2;1-2H3. The molecule has 0 unspecified atom stereocenters. The number of hydrogen-bond donors (Lipinski definition) is 1. The second-order valence-electron chi connectivity index (χ2n) is 1.98. The van der Waals surface area contributed by atoms with E-state index < -0.39 is 5.91 Å². The van der Waals surface area contributed by atoms with Crippen LogP contribution in [0.15, 0.2) is 29.4 Å². The molecule has 0 saturated carbocycles. The van der Waals surface area contributed by atoms with Crippen molar-refractivity contribution in [3.05, 3.63) is 34.7 Å². The number of amides is 1. The number of anilines is 1. The number of nitrogens with zero attached hydrogens (tertiary/aromatic N) is 1. The Morgan fingerprint density at radius 1 is 1.31 bits per heavy atom. The molecule has 1 aromatic carbocycles. The predicted molar refractivity (Wildman–Crippen MR) is 52.3 cm³/mol. The molecule has 0 saturated heterocycles. The van der Waals surface area contributed by atoms with E-state index in [1.807, 2.05) is 13.8 Å². The van der Waals surface area contributed by atoms with Crippen LogP contribution in [0.3, 0.4) is 0 Å². The van der Waals surface area contributed by atoms with Crippen molar-refractivity contribution in [1.29, 1.82) is 0 Å². The first-order valence-electron chi connectivity index (χ1n) is 3.98. The molecule has 1 rings (SSSR count). The van der Waals surface area contributed by atoms with Crippen molar-refractivity contribution in [1.82, 2.24) is 0 Å². The Morgan fingerprint density at radius 2 is 1.85 bits per heavy atom. The summed E-state index contributed by atoms with van der Waals surface area (Å²) in [5.74, 6) is -0.830. The second-order valence-corrected chi connectivity index (χ2v) is 1.98. The van der Waals surface area contributed by atoms with Gasteiger partial charge in [-0.3, -0.25) is 4.79 Å². The Morgan fingerprint density at radius 3 is 2.31 bits per heavy atom. The average Bonchev–Trinajstić information content (AvgIpc) is 2.20. The van der Waals surface area contributed by atoms with E-state index in [2.05, 4.69) is 5.18 Å². The summed E-state index contributed by atoms with van der Waals surface area (Å²) in [6.45, 7) is 4.00. The summed E-state index contributed by atoms with van der Waals surface area (Å²) in [7, 11) is 0. The van der Waals surface area contributed by atoms with Gasteiger partial charge in [0.2, 0.25) is 0 Å².